The largest absolute Gasteiger partial charge is 0.386 e. The maximum atomic E-state index is 11.1. The highest BCUT2D eigenvalue weighted by atomic mass is 16.3. The van der Waals surface area contributed by atoms with Gasteiger partial charge in [-0.25, -0.2) is 4.98 Å². The van der Waals surface area contributed by atoms with Crippen molar-refractivity contribution in [2.45, 2.75) is 25.0 Å². The third-order valence-electron chi connectivity index (χ3n) is 5.49. The molecule has 5 rings (SSSR count). The van der Waals surface area contributed by atoms with Gasteiger partial charge in [-0.3, -0.25) is 4.98 Å². The summed E-state index contributed by atoms with van der Waals surface area (Å²) in [6.45, 7) is 0. The van der Waals surface area contributed by atoms with Crippen molar-refractivity contribution in [3.8, 4) is 17.3 Å². The van der Waals surface area contributed by atoms with Crippen molar-refractivity contribution in [3.05, 3.63) is 71.4 Å². The lowest BCUT2D eigenvalue weighted by Crippen LogP contribution is -2.29. The van der Waals surface area contributed by atoms with Gasteiger partial charge in [0.25, 0.3) is 0 Å². The molecule has 2 aliphatic rings. The second kappa shape index (κ2) is 5.27. The van der Waals surface area contributed by atoms with Gasteiger partial charge in [-0.05, 0) is 30.0 Å². The minimum Gasteiger partial charge on any atom is -0.386 e. The van der Waals surface area contributed by atoms with E-state index in [-0.39, 0.29) is 12.0 Å². The molecule has 0 radical (unpaired) electrons. The SMILES string of the molecule is N#Cc1cnc2c(c1)CC[C@H](C1c3ccccc3-c3cncn31)[C@@H]2O. The van der Waals surface area contributed by atoms with Crippen molar-refractivity contribution in [2.75, 3.05) is 0 Å². The summed E-state index contributed by atoms with van der Waals surface area (Å²) in [5, 5.41) is 20.1. The fourth-order valence-electron chi connectivity index (χ4n) is 4.37. The Kier molecular flexibility index (Phi) is 3.03. The topological polar surface area (TPSA) is 74.7 Å². The average molecular weight is 328 g/mol. The van der Waals surface area contributed by atoms with E-state index in [9.17, 15) is 5.11 Å². The van der Waals surface area contributed by atoms with E-state index in [1.807, 2.05) is 30.7 Å². The standard InChI is InChI=1S/C20H16N4O/c21-8-12-7-13-5-6-16(20(25)18(13)23-9-12)19-15-4-2-1-3-14(15)17-10-22-11-24(17)19/h1-4,7,9-11,16,19-20,25H,5-6H2/t16-,19?,20+/m1/s1. The Labute approximate surface area is 145 Å². The number of hydrogen-bond donors (Lipinski definition) is 1. The monoisotopic (exact) mass is 328 g/mol. The molecule has 1 N–H and O–H groups in total. The number of fused-ring (bicyclic) bond motifs is 4. The van der Waals surface area contributed by atoms with Crippen LogP contribution >= 0.6 is 0 Å². The highest BCUT2D eigenvalue weighted by molar-refractivity contribution is 5.69. The second-order valence-corrected chi connectivity index (χ2v) is 6.75. The van der Waals surface area contributed by atoms with E-state index in [0.717, 1.165) is 24.1 Å². The van der Waals surface area contributed by atoms with Crippen LogP contribution in [-0.4, -0.2) is 19.6 Å². The minimum atomic E-state index is -0.650. The smallest absolute Gasteiger partial charge is 0.101 e. The first-order valence-electron chi connectivity index (χ1n) is 8.46. The van der Waals surface area contributed by atoms with Crippen molar-refractivity contribution in [1.82, 2.24) is 14.5 Å². The summed E-state index contributed by atoms with van der Waals surface area (Å²) in [5.74, 6) is 0.0320. The van der Waals surface area contributed by atoms with Crippen molar-refractivity contribution in [3.63, 3.8) is 0 Å². The molecule has 1 aliphatic carbocycles. The summed E-state index contributed by atoms with van der Waals surface area (Å²) >= 11 is 0. The zero-order valence-electron chi connectivity index (χ0n) is 13.5. The lowest BCUT2D eigenvalue weighted by atomic mass is 9.77. The van der Waals surface area contributed by atoms with E-state index in [0.29, 0.717) is 11.3 Å². The van der Waals surface area contributed by atoms with Crippen LogP contribution in [-0.2, 0) is 6.42 Å². The molecule has 0 saturated carbocycles. The molecule has 5 heteroatoms. The van der Waals surface area contributed by atoms with Gasteiger partial charge in [0.1, 0.15) is 12.2 Å². The third-order valence-corrected chi connectivity index (χ3v) is 5.49. The van der Waals surface area contributed by atoms with Gasteiger partial charge in [0, 0.05) is 17.7 Å². The Balaban J connectivity index is 1.60. The summed E-state index contributed by atoms with van der Waals surface area (Å²) in [6, 6.07) is 12.4. The van der Waals surface area contributed by atoms with E-state index in [2.05, 4.69) is 32.7 Å². The lowest BCUT2D eigenvalue weighted by molar-refractivity contribution is 0.0679. The normalized spacial score (nSPS) is 23.4. The molecule has 5 nitrogen and oxygen atoms in total. The zero-order chi connectivity index (χ0) is 17.0. The average Bonchev–Trinajstić information content (AvgIpc) is 3.23. The number of hydrogen-bond acceptors (Lipinski definition) is 4. The number of aliphatic hydroxyl groups excluding tert-OH is 1. The first kappa shape index (κ1) is 14.4. The van der Waals surface area contributed by atoms with Gasteiger partial charge in [0.15, 0.2) is 0 Å². The second-order valence-electron chi connectivity index (χ2n) is 6.75. The maximum Gasteiger partial charge on any atom is 0.101 e. The molecule has 3 heterocycles. The highest BCUT2D eigenvalue weighted by Crippen LogP contribution is 2.49. The number of aromatic nitrogens is 3. The van der Waals surface area contributed by atoms with Crippen LogP contribution in [0.15, 0.2) is 49.1 Å². The number of aryl methyl sites for hydroxylation is 1. The summed E-state index contributed by atoms with van der Waals surface area (Å²) in [7, 11) is 0. The molecule has 25 heavy (non-hydrogen) atoms. The molecule has 0 bridgehead atoms. The van der Waals surface area contributed by atoms with Crippen LogP contribution < -0.4 is 0 Å². The van der Waals surface area contributed by atoms with Crippen molar-refractivity contribution < 1.29 is 5.11 Å². The molecule has 0 spiro atoms. The first-order chi connectivity index (χ1) is 12.3. The Morgan fingerprint density at radius 2 is 2.12 bits per heavy atom. The number of rotatable bonds is 1. The van der Waals surface area contributed by atoms with E-state index < -0.39 is 6.10 Å². The van der Waals surface area contributed by atoms with Crippen LogP contribution in [0.5, 0.6) is 0 Å². The molecule has 1 aliphatic heterocycles. The first-order valence-corrected chi connectivity index (χ1v) is 8.46. The molecule has 1 aromatic carbocycles. The van der Waals surface area contributed by atoms with Crippen molar-refractivity contribution in [1.29, 1.82) is 5.26 Å². The van der Waals surface area contributed by atoms with Crippen molar-refractivity contribution >= 4 is 0 Å². The predicted octanol–water partition coefficient (Wildman–Crippen LogP) is 3.02. The van der Waals surface area contributed by atoms with E-state index in [1.54, 1.807) is 6.20 Å². The summed E-state index contributed by atoms with van der Waals surface area (Å²) < 4.78 is 2.17. The Hall–Kier alpha value is -2.97. The summed E-state index contributed by atoms with van der Waals surface area (Å²) in [4.78, 5) is 8.70. The molecule has 3 aromatic rings. The van der Waals surface area contributed by atoms with Crippen LogP contribution in [0, 0.1) is 17.2 Å². The third kappa shape index (κ3) is 1.98. The highest BCUT2D eigenvalue weighted by Gasteiger charge is 2.41. The quantitative estimate of drug-likeness (QED) is 0.745. The van der Waals surface area contributed by atoms with Crippen LogP contribution in [0.4, 0.5) is 0 Å². The molecule has 2 aromatic heterocycles. The lowest BCUT2D eigenvalue weighted by Gasteiger charge is -2.34. The van der Waals surface area contributed by atoms with Gasteiger partial charge in [-0.2, -0.15) is 5.26 Å². The number of aliphatic hydroxyl groups is 1. The number of imidazole rings is 1. The molecule has 1 unspecified atom stereocenters. The number of pyridine rings is 1. The summed E-state index contributed by atoms with van der Waals surface area (Å²) in [6.07, 6.45) is 6.32. The van der Waals surface area contributed by atoms with Crippen LogP contribution in [0.3, 0.4) is 0 Å². The molecular weight excluding hydrogens is 312 g/mol. The van der Waals surface area contributed by atoms with Crippen molar-refractivity contribution in [2.24, 2.45) is 5.92 Å². The molecular formula is C20H16N4O. The molecule has 0 fully saturated rings. The Morgan fingerprint density at radius 1 is 1.24 bits per heavy atom. The molecule has 122 valence electrons. The van der Waals surface area contributed by atoms with Gasteiger partial charge in [-0.1, -0.05) is 24.3 Å². The Morgan fingerprint density at radius 3 is 3.00 bits per heavy atom. The van der Waals surface area contributed by atoms with Crippen LogP contribution in [0.2, 0.25) is 0 Å². The maximum absolute atomic E-state index is 11.1. The van der Waals surface area contributed by atoms with E-state index >= 15 is 0 Å². The molecule has 3 atom stereocenters. The molecule has 0 saturated heterocycles. The van der Waals surface area contributed by atoms with Gasteiger partial charge < -0.3 is 9.67 Å². The minimum absolute atomic E-state index is 0.0320. The van der Waals surface area contributed by atoms with E-state index in [1.165, 1.54) is 11.1 Å². The van der Waals surface area contributed by atoms with Gasteiger partial charge >= 0.3 is 0 Å². The van der Waals surface area contributed by atoms with E-state index in [4.69, 9.17) is 5.26 Å². The molecule has 0 amide bonds. The van der Waals surface area contributed by atoms with Gasteiger partial charge in [0.05, 0.1) is 35.5 Å². The van der Waals surface area contributed by atoms with Crippen LogP contribution in [0.25, 0.3) is 11.3 Å². The number of nitriles is 1. The number of nitrogens with zero attached hydrogens (tertiary/aromatic N) is 4. The predicted molar refractivity (Wildman–Crippen MR) is 91.5 cm³/mol. The Bertz CT molecular complexity index is 1020. The summed E-state index contributed by atoms with van der Waals surface area (Å²) in [5.41, 5.74) is 5.77. The fraction of sp³-hybridized carbons (Fsp3) is 0.250. The van der Waals surface area contributed by atoms with Gasteiger partial charge in [-0.15, -0.1) is 0 Å². The zero-order valence-corrected chi connectivity index (χ0v) is 13.5. The van der Waals surface area contributed by atoms with Gasteiger partial charge in [0.2, 0.25) is 0 Å². The number of benzene rings is 1. The van der Waals surface area contributed by atoms with Crippen LogP contribution in [0.1, 0.15) is 41.0 Å². The fourth-order valence-corrected chi connectivity index (χ4v) is 4.37.